The predicted molar refractivity (Wildman–Crippen MR) is 99.1 cm³/mol. The molecule has 3 aromatic rings. The standard InChI is InChI=1S/C21H18ClN/c1-15-7-11-17(12-8-15)21(18-13-9-16(2)10-14-18)23-20-6-4-3-5-19(20)22/h3-14H,1-2H3. The fourth-order valence-electron chi connectivity index (χ4n) is 2.38. The van der Waals surface area contributed by atoms with Crippen molar-refractivity contribution in [2.45, 2.75) is 13.8 Å². The van der Waals surface area contributed by atoms with Crippen molar-refractivity contribution in [3.63, 3.8) is 0 Å². The third kappa shape index (κ3) is 3.69. The van der Waals surface area contributed by atoms with E-state index in [2.05, 4.69) is 62.4 Å². The van der Waals surface area contributed by atoms with Crippen molar-refractivity contribution in [2.24, 2.45) is 4.99 Å². The van der Waals surface area contributed by atoms with Crippen LogP contribution in [0.1, 0.15) is 22.3 Å². The Bertz CT molecular complexity index is 783. The van der Waals surface area contributed by atoms with Gasteiger partial charge in [-0.25, -0.2) is 4.99 Å². The molecule has 0 aromatic heterocycles. The summed E-state index contributed by atoms with van der Waals surface area (Å²) >= 11 is 6.29. The Morgan fingerprint density at radius 3 is 1.65 bits per heavy atom. The smallest absolute Gasteiger partial charge is 0.0823 e. The molecule has 0 aliphatic heterocycles. The molecule has 0 bridgehead atoms. The first-order chi connectivity index (χ1) is 11.1. The minimum absolute atomic E-state index is 0.657. The van der Waals surface area contributed by atoms with Crippen LogP contribution in [0.25, 0.3) is 0 Å². The highest BCUT2D eigenvalue weighted by atomic mass is 35.5. The van der Waals surface area contributed by atoms with Gasteiger partial charge >= 0.3 is 0 Å². The summed E-state index contributed by atoms with van der Waals surface area (Å²) in [5.41, 5.74) is 6.34. The molecule has 3 aromatic carbocycles. The van der Waals surface area contributed by atoms with Crippen LogP contribution < -0.4 is 0 Å². The molecule has 0 N–H and O–H groups in total. The maximum absolute atomic E-state index is 6.29. The van der Waals surface area contributed by atoms with Crippen LogP contribution in [0.15, 0.2) is 77.8 Å². The van der Waals surface area contributed by atoms with Gasteiger partial charge in [-0.2, -0.15) is 0 Å². The molecule has 0 unspecified atom stereocenters. The van der Waals surface area contributed by atoms with Gasteiger partial charge in [0.2, 0.25) is 0 Å². The number of nitrogens with zero attached hydrogens (tertiary/aromatic N) is 1. The average molecular weight is 320 g/mol. The second-order valence-corrected chi connectivity index (χ2v) is 6.05. The van der Waals surface area contributed by atoms with Gasteiger partial charge in [0.1, 0.15) is 0 Å². The fraction of sp³-hybridized carbons (Fsp3) is 0.0952. The van der Waals surface area contributed by atoms with Crippen LogP contribution in [0.5, 0.6) is 0 Å². The first-order valence-corrected chi connectivity index (χ1v) is 7.98. The van der Waals surface area contributed by atoms with Crippen molar-refractivity contribution in [1.29, 1.82) is 0 Å². The highest BCUT2D eigenvalue weighted by molar-refractivity contribution is 6.33. The van der Waals surface area contributed by atoms with Gasteiger partial charge in [-0.3, -0.25) is 0 Å². The molecule has 0 amide bonds. The molecular weight excluding hydrogens is 302 g/mol. The normalized spacial score (nSPS) is 10.4. The molecule has 0 saturated heterocycles. The molecule has 1 nitrogen and oxygen atoms in total. The lowest BCUT2D eigenvalue weighted by molar-refractivity contribution is 1.42. The first-order valence-electron chi connectivity index (χ1n) is 7.61. The van der Waals surface area contributed by atoms with E-state index < -0.39 is 0 Å². The van der Waals surface area contributed by atoms with Crippen molar-refractivity contribution >= 4 is 23.0 Å². The number of hydrogen-bond donors (Lipinski definition) is 0. The predicted octanol–water partition coefficient (Wildman–Crippen LogP) is 6.13. The third-order valence-corrected chi connectivity index (χ3v) is 4.05. The molecule has 3 rings (SSSR count). The van der Waals surface area contributed by atoms with Crippen LogP contribution in [0, 0.1) is 13.8 Å². The molecule has 0 radical (unpaired) electrons. The molecule has 2 heteroatoms. The van der Waals surface area contributed by atoms with E-state index in [1.54, 1.807) is 0 Å². The van der Waals surface area contributed by atoms with E-state index in [0.717, 1.165) is 22.5 Å². The van der Waals surface area contributed by atoms with Gasteiger partial charge in [0.05, 0.1) is 16.4 Å². The molecule has 0 fully saturated rings. The summed E-state index contributed by atoms with van der Waals surface area (Å²) in [7, 11) is 0. The maximum Gasteiger partial charge on any atom is 0.0823 e. The van der Waals surface area contributed by atoms with Crippen LogP contribution in [-0.2, 0) is 0 Å². The minimum Gasteiger partial charge on any atom is -0.246 e. The summed E-state index contributed by atoms with van der Waals surface area (Å²) in [5.74, 6) is 0. The highest BCUT2D eigenvalue weighted by Gasteiger charge is 2.08. The summed E-state index contributed by atoms with van der Waals surface area (Å²) in [6.07, 6.45) is 0. The number of aryl methyl sites for hydroxylation is 2. The number of benzene rings is 3. The molecule has 0 heterocycles. The van der Waals surface area contributed by atoms with E-state index in [0.29, 0.717) is 5.02 Å². The van der Waals surface area contributed by atoms with Crippen molar-refractivity contribution in [2.75, 3.05) is 0 Å². The zero-order valence-electron chi connectivity index (χ0n) is 13.3. The summed E-state index contributed by atoms with van der Waals surface area (Å²) in [5, 5.41) is 0.657. The van der Waals surface area contributed by atoms with Gasteiger partial charge in [0.25, 0.3) is 0 Å². The van der Waals surface area contributed by atoms with Crippen molar-refractivity contribution in [1.82, 2.24) is 0 Å². The number of rotatable bonds is 3. The second kappa shape index (κ2) is 6.80. The Hall–Kier alpha value is -2.38. The quantitative estimate of drug-likeness (QED) is 0.515. The Balaban J connectivity index is 2.15. The second-order valence-electron chi connectivity index (χ2n) is 5.64. The summed E-state index contributed by atoms with van der Waals surface area (Å²) < 4.78 is 0. The zero-order chi connectivity index (χ0) is 16.2. The average Bonchev–Trinajstić information content (AvgIpc) is 2.56. The Morgan fingerprint density at radius 2 is 1.17 bits per heavy atom. The van der Waals surface area contributed by atoms with Crippen molar-refractivity contribution in [3.8, 4) is 0 Å². The largest absolute Gasteiger partial charge is 0.246 e. The van der Waals surface area contributed by atoms with Crippen LogP contribution in [-0.4, -0.2) is 5.71 Å². The minimum atomic E-state index is 0.657. The van der Waals surface area contributed by atoms with Gasteiger partial charge in [-0.15, -0.1) is 0 Å². The summed E-state index contributed by atoms with van der Waals surface area (Å²) in [6, 6.07) is 24.5. The topological polar surface area (TPSA) is 12.4 Å². The van der Waals surface area contributed by atoms with E-state index in [9.17, 15) is 0 Å². The van der Waals surface area contributed by atoms with Gasteiger partial charge < -0.3 is 0 Å². The van der Waals surface area contributed by atoms with Gasteiger partial charge in [0, 0.05) is 11.1 Å². The zero-order valence-corrected chi connectivity index (χ0v) is 14.0. The highest BCUT2D eigenvalue weighted by Crippen LogP contribution is 2.26. The Morgan fingerprint density at radius 1 is 0.696 bits per heavy atom. The fourth-order valence-corrected chi connectivity index (χ4v) is 2.56. The summed E-state index contributed by atoms with van der Waals surface area (Å²) in [6.45, 7) is 4.17. The number of halogens is 1. The van der Waals surface area contributed by atoms with Crippen LogP contribution in [0.4, 0.5) is 5.69 Å². The SMILES string of the molecule is Cc1ccc(C(=Nc2ccccc2Cl)c2ccc(C)cc2)cc1. The van der Waals surface area contributed by atoms with E-state index >= 15 is 0 Å². The Kier molecular flexibility index (Phi) is 4.59. The first kappa shape index (κ1) is 15.5. The molecule has 0 atom stereocenters. The van der Waals surface area contributed by atoms with Crippen molar-refractivity contribution in [3.05, 3.63) is 100 Å². The molecule has 0 aliphatic carbocycles. The maximum atomic E-state index is 6.29. The molecule has 23 heavy (non-hydrogen) atoms. The van der Waals surface area contributed by atoms with Gasteiger partial charge in [0.15, 0.2) is 0 Å². The molecule has 0 spiro atoms. The van der Waals surface area contributed by atoms with Crippen LogP contribution in [0.2, 0.25) is 5.02 Å². The number of para-hydroxylation sites is 1. The lowest BCUT2D eigenvalue weighted by Crippen LogP contribution is -2.03. The van der Waals surface area contributed by atoms with Gasteiger partial charge in [-0.1, -0.05) is 83.4 Å². The Labute approximate surface area is 142 Å². The van der Waals surface area contributed by atoms with E-state index in [1.165, 1.54) is 11.1 Å². The summed E-state index contributed by atoms with van der Waals surface area (Å²) in [4.78, 5) is 4.84. The van der Waals surface area contributed by atoms with Crippen LogP contribution >= 0.6 is 11.6 Å². The molecule has 0 aliphatic rings. The molecule has 114 valence electrons. The monoisotopic (exact) mass is 319 g/mol. The number of aliphatic imine (C=N–C) groups is 1. The van der Waals surface area contributed by atoms with Crippen molar-refractivity contribution < 1.29 is 0 Å². The lowest BCUT2D eigenvalue weighted by Gasteiger charge is -2.09. The third-order valence-electron chi connectivity index (χ3n) is 3.73. The van der Waals surface area contributed by atoms with Gasteiger partial charge in [-0.05, 0) is 26.0 Å². The van der Waals surface area contributed by atoms with Crippen LogP contribution in [0.3, 0.4) is 0 Å². The van der Waals surface area contributed by atoms with E-state index in [4.69, 9.17) is 16.6 Å². The van der Waals surface area contributed by atoms with E-state index in [1.807, 2.05) is 24.3 Å². The lowest BCUT2D eigenvalue weighted by atomic mass is 10.00. The van der Waals surface area contributed by atoms with E-state index in [-0.39, 0.29) is 0 Å². The molecule has 0 saturated carbocycles. The number of hydrogen-bond acceptors (Lipinski definition) is 1. The molecular formula is C21H18ClN.